The van der Waals surface area contributed by atoms with Crippen molar-refractivity contribution in [3.8, 4) is 0 Å². The number of hydrogen-bond acceptors (Lipinski definition) is 5. The van der Waals surface area contributed by atoms with Gasteiger partial charge in [0, 0.05) is 48.9 Å². The molecule has 1 aliphatic heterocycles. The summed E-state index contributed by atoms with van der Waals surface area (Å²) < 4.78 is 4.94. The molecule has 33 heavy (non-hydrogen) atoms. The number of methoxy groups -OCH3 is 1. The van der Waals surface area contributed by atoms with Gasteiger partial charge in [-0.3, -0.25) is 9.69 Å². The molecular formula is C25H27ClN4O3. The smallest absolute Gasteiger partial charge is 0.328 e. The molecule has 7 nitrogen and oxygen atoms in total. The molecule has 0 spiro atoms. The molecule has 0 saturated carbocycles. The lowest BCUT2D eigenvalue weighted by atomic mass is 9.88. The van der Waals surface area contributed by atoms with Gasteiger partial charge in [0.05, 0.1) is 19.4 Å². The predicted octanol–water partition coefficient (Wildman–Crippen LogP) is 3.18. The summed E-state index contributed by atoms with van der Waals surface area (Å²) in [6, 6.07) is 17.0. The Balaban J connectivity index is 1.53. The second-order valence-corrected chi connectivity index (χ2v) is 8.75. The van der Waals surface area contributed by atoms with Gasteiger partial charge in [-0.25, -0.2) is 9.78 Å². The molecule has 8 heteroatoms. The van der Waals surface area contributed by atoms with E-state index < -0.39 is 12.0 Å². The first-order chi connectivity index (χ1) is 16.0. The first-order valence-electron chi connectivity index (χ1n) is 10.9. The molecule has 2 heterocycles. The Morgan fingerprint density at radius 3 is 2.61 bits per heavy atom. The third-order valence-electron chi connectivity index (χ3n) is 6.06. The molecule has 0 unspecified atom stereocenters. The highest BCUT2D eigenvalue weighted by molar-refractivity contribution is 6.30. The molecule has 1 aliphatic rings. The van der Waals surface area contributed by atoms with Crippen LogP contribution < -0.4 is 5.32 Å². The van der Waals surface area contributed by atoms with E-state index in [9.17, 15) is 9.59 Å². The van der Waals surface area contributed by atoms with E-state index in [0.29, 0.717) is 11.6 Å². The number of halogens is 1. The van der Waals surface area contributed by atoms with E-state index in [1.807, 2.05) is 42.5 Å². The lowest BCUT2D eigenvalue weighted by Crippen LogP contribution is -2.46. The van der Waals surface area contributed by atoms with Crippen molar-refractivity contribution in [2.45, 2.75) is 24.9 Å². The number of carbonyl (C=O) groups is 2. The van der Waals surface area contributed by atoms with Crippen LogP contribution in [0.25, 0.3) is 0 Å². The zero-order valence-electron chi connectivity index (χ0n) is 18.4. The van der Waals surface area contributed by atoms with Gasteiger partial charge in [0.2, 0.25) is 5.91 Å². The molecule has 3 aromatic rings. The highest BCUT2D eigenvalue weighted by Gasteiger charge is 2.39. The summed E-state index contributed by atoms with van der Waals surface area (Å²) in [5.74, 6) is -0.985. The van der Waals surface area contributed by atoms with Gasteiger partial charge in [0.15, 0.2) is 0 Å². The van der Waals surface area contributed by atoms with E-state index in [4.69, 9.17) is 16.3 Å². The normalized spacial score (nSPS) is 19.2. The van der Waals surface area contributed by atoms with Crippen molar-refractivity contribution in [3.63, 3.8) is 0 Å². The molecule has 1 fully saturated rings. The first kappa shape index (κ1) is 23.0. The van der Waals surface area contributed by atoms with Crippen LogP contribution >= 0.6 is 11.6 Å². The van der Waals surface area contributed by atoms with Crippen LogP contribution in [0, 0.1) is 5.92 Å². The van der Waals surface area contributed by atoms with Crippen molar-refractivity contribution in [3.05, 3.63) is 89.0 Å². The van der Waals surface area contributed by atoms with Gasteiger partial charge in [-0.15, -0.1) is 0 Å². The number of nitrogens with zero attached hydrogens (tertiary/aromatic N) is 2. The van der Waals surface area contributed by atoms with Crippen molar-refractivity contribution in [1.29, 1.82) is 0 Å². The number of ether oxygens (including phenoxy) is 1. The number of H-pyrrole nitrogens is 1. The summed E-state index contributed by atoms with van der Waals surface area (Å²) in [5, 5.41) is 3.59. The maximum Gasteiger partial charge on any atom is 0.328 e. The molecule has 3 atom stereocenters. The Bertz CT molecular complexity index is 1060. The number of carbonyl (C=O) groups excluding carboxylic acids is 2. The Kier molecular flexibility index (Phi) is 7.42. The number of aromatic amines is 1. The van der Waals surface area contributed by atoms with Crippen molar-refractivity contribution < 1.29 is 14.3 Å². The van der Waals surface area contributed by atoms with Crippen molar-refractivity contribution in [2.75, 3.05) is 20.2 Å². The lowest BCUT2D eigenvalue weighted by Gasteiger charge is -2.22. The quantitative estimate of drug-likeness (QED) is 0.498. The van der Waals surface area contributed by atoms with Crippen LogP contribution in [0.2, 0.25) is 5.02 Å². The van der Waals surface area contributed by atoms with E-state index in [2.05, 4.69) is 32.3 Å². The minimum absolute atomic E-state index is 0.0172. The van der Waals surface area contributed by atoms with Gasteiger partial charge in [-0.2, -0.15) is 0 Å². The summed E-state index contributed by atoms with van der Waals surface area (Å²) in [7, 11) is 1.32. The van der Waals surface area contributed by atoms with Crippen molar-refractivity contribution >= 4 is 23.5 Å². The highest BCUT2D eigenvalue weighted by atomic mass is 35.5. The molecule has 172 valence electrons. The number of amides is 1. The second-order valence-electron chi connectivity index (χ2n) is 8.31. The summed E-state index contributed by atoms with van der Waals surface area (Å²) in [6.45, 7) is 2.08. The summed E-state index contributed by atoms with van der Waals surface area (Å²) in [5.41, 5.74) is 3.00. The van der Waals surface area contributed by atoms with Crippen LogP contribution in [0.3, 0.4) is 0 Å². The summed E-state index contributed by atoms with van der Waals surface area (Å²) in [4.78, 5) is 35.1. The van der Waals surface area contributed by atoms with E-state index in [1.165, 1.54) is 12.7 Å². The Labute approximate surface area is 198 Å². The maximum atomic E-state index is 13.5. The SMILES string of the molecule is COC(=O)[C@@H](Cc1cnc[nH]1)NC(=O)[C@@H]1CN(Cc2ccccc2)C[C@H]1c1ccc(Cl)cc1. The van der Waals surface area contributed by atoms with E-state index in [1.54, 1.807) is 12.5 Å². The van der Waals surface area contributed by atoms with Gasteiger partial charge in [0.1, 0.15) is 6.04 Å². The third-order valence-corrected chi connectivity index (χ3v) is 6.31. The zero-order valence-corrected chi connectivity index (χ0v) is 19.2. The summed E-state index contributed by atoms with van der Waals surface area (Å²) >= 11 is 6.09. The number of aromatic nitrogens is 2. The average molecular weight is 467 g/mol. The third kappa shape index (κ3) is 5.80. The molecule has 4 rings (SSSR count). The fraction of sp³-hybridized carbons (Fsp3) is 0.320. The molecular weight excluding hydrogens is 440 g/mol. The minimum atomic E-state index is -0.794. The van der Waals surface area contributed by atoms with Gasteiger partial charge in [0.25, 0.3) is 0 Å². The molecule has 0 aliphatic carbocycles. The van der Waals surface area contributed by atoms with Crippen LogP contribution in [-0.2, 0) is 27.3 Å². The molecule has 1 aromatic heterocycles. The van der Waals surface area contributed by atoms with E-state index in [-0.39, 0.29) is 24.2 Å². The molecule has 2 N–H and O–H groups in total. The molecule has 1 saturated heterocycles. The van der Waals surface area contributed by atoms with E-state index in [0.717, 1.165) is 24.3 Å². The van der Waals surface area contributed by atoms with Gasteiger partial charge in [-0.1, -0.05) is 54.1 Å². The highest BCUT2D eigenvalue weighted by Crippen LogP contribution is 2.34. The first-order valence-corrected chi connectivity index (χ1v) is 11.3. The van der Waals surface area contributed by atoms with Gasteiger partial charge < -0.3 is 15.0 Å². The van der Waals surface area contributed by atoms with Crippen molar-refractivity contribution in [1.82, 2.24) is 20.2 Å². The van der Waals surface area contributed by atoms with Gasteiger partial charge >= 0.3 is 5.97 Å². The molecule has 0 bridgehead atoms. The monoisotopic (exact) mass is 466 g/mol. The van der Waals surface area contributed by atoms with Crippen molar-refractivity contribution in [2.24, 2.45) is 5.92 Å². The maximum absolute atomic E-state index is 13.5. The van der Waals surface area contributed by atoms with E-state index >= 15 is 0 Å². The molecule has 0 radical (unpaired) electrons. The average Bonchev–Trinajstić information content (AvgIpc) is 3.49. The number of esters is 1. The van der Waals surface area contributed by atoms with Crippen LogP contribution in [0.4, 0.5) is 0 Å². The topological polar surface area (TPSA) is 87.3 Å². The second kappa shape index (κ2) is 10.6. The number of hydrogen-bond donors (Lipinski definition) is 2. The Morgan fingerprint density at radius 2 is 1.94 bits per heavy atom. The number of rotatable bonds is 8. The predicted molar refractivity (Wildman–Crippen MR) is 126 cm³/mol. The fourth-order valence-electron chi connectivity index (χ4n) is 4.40. The number of nitrogens with one attached hydrogen (secondary N) is 2. The Hall–Kier alpha value is -3.16. The summed E-state index contributed by atoms with van der Waals surface area (Å²) in [6.07, 6.45) is 3.46. The van der Waals surface area contributed by atoms with Crippen LogP contribution in [0.15, 0.2) is 67.1 Å². The van der Waals surface area contributed by atoms with Crippen LogP contribution in [0.5, 0.6) is 0 Å². The Morgan fingerprint density at radius 1 is 1.18 bits per heavy atom. The largest absolute Gasteiger partial charge is 0.467 e. The molecule has 2 aromatic carbocycles. The molecule has 1 amide bonds. The van der Waals surface area contributed by atoms with Crippen LogP contribution in [-0.4, -0.2) is 53.0 Å². The fourth-order valence-corrected chi connectivity index (χ4v) is 4.53. The van der Waals surface area contributed by atoms with Gasteiger partial charge in [-0.05, 0) is 23.3 Å². The number of imidazole rings is 1. The van der Waals surface area contributed by atoms with Crippen LogP contribution in [0.1, 0.15) is 22.7 Å². The lowest BCUT2D eigenvalue weighted by molar-refractivity contribution is -0.145. The number of benzene rings is 2. The standard InChI is InChI=1S/C25H27ClN4O3/c1-33-25(32)23(11-20-12-27-16-28-20)29-24(31)22-15-30(13-17-5-3-2-4-6-17)14-21(22)18-7-9-19(26)10-8-18/h2-10,12,16,21-23H,11,13-15H2,1H3,(H,27,28)(H,29,31)/t21-,22+,23+/m0/s1. The zero-order chi connectivity index (χ0) is 23.2. The minimum Gasteiger partial charge on any atom is -0.467 e. The number of likely N-dealkylation sites (tertiary alicyclic amines) is 1.